The van der Waals surface area contributed by atoms with Crippen LogP contribution in [-0.4, -0.2) is 50.6 Å². The van der Waals surface area contributed by atoms with Crippen LogP contribution in [0.2, 0.25) is 0 Å². The quantitative estimate of drug-likeness (QED) is 0.248. The average Bonchev–Trinajstić information content (AvgIpc) is 3.36. The molecule has 2 aliphatic heterocycles. The van der Waals surface area contributed by atoms with E-state index < -0.39 is 53.0 Å². The van der Waals surface area contributed by atoms with E-state index in [-0.39, 0.29) is 30.1 Å². The molecule has 5 rings (SSSR count). The Morgan fingerprint density at radius 2 is 1.53 bits per heavy atom. The number of benzene rings is 2. The predicted molar refractivity (Wildman–Crippen MR) is 157 cm³/mol. The highest BCUT2D eigenvalue weighted by Gasteiger charge is 2.39. The first-order valence-electron chi connectivity index (χ1n) is 15.5. The van der Waals surface area contributed by atoms with Gasteiger partial charge in [-0.05, 0) is 87.9 Å². The summed E-state index contributed by atoms with van der Waals surface area (Å²) < 4.78 is 109. The number of nitrogens with zero attached hydrogens (tertiary/aromatic N) is 4. The molecule has 14 heteroatoms. The first-order valence-corrected chi connectivity index (χ1v) is 15.5. The van der Waals surface area contributed by atoms with Gasteiger partial charge in [-0.1, -0.05) is 12.1 Å². The number of hydrogen-bond acceptors (Lipinski definition) is 5. The molecule has 1 amide bonds. The summed E-state index contributed by atoms with van der Waals surface area (Å²) in [4.78, 5) is 14.2. The van der Waals surface area contributed by atoms with Crippen molar-refractivity contribution in [1.29, 1.82) is 0 Å². The Kier molecular flexibility index (Phi) is 9.64. The lowest BCUT2D eigenvalue weighted by Crippen LogP contribution is -2.42. The SMILES string of the molecule is C[C@@H](O[C@H]1Cc2nnc(CC3CCN(C(=O)OC(C)(C)C)CC3)n2C[C@@H]1c1ccc(F)cc1)c1cc(C(F)(F)F)cc(C(F)(F)F)c1. The smallest absolute Gasteiger partial charge is 0.416 e. The standard InChI is InChI=1S/C33H37F7N4O3/c1-19(22-14-23(32(35,36)37)16-24(15-22)33(38,39)40)46-27-17-29-42-41-28(44(29)18-26(27)21-5-7-25(34)8-6-21)13-20-9-11-43(12-10-20)30(45)47-31(2,3)4/h5-8,14-16,19-20,26-27H,9-13,17-18H2,1-4H3/t19-,26-,27+/m1/s1. The second-order valence-electron chi connectivity index (χ2n) is 13.3. The molecular weight excluding hydrogens is 633 g/mol. The van der Waals surface area contributed by atoms with Gasteiger partial charge in [-0.25, -0.2) is 9.18 Å². The van der Waals surface area contributed by atoms with Crippen LogP contribution in [0.5, 0.6) is 0 Å². The first-order chi connectivity index (χ1) is 21.9. The molecule has 3 atom stereocenters. The highest BCUT2D eigenvalue weighted by atomic mass is 19.4. The van der Waals surface area contributed by atoms with E-state index in [4.69, 9.17) is 9.47 Å². The largest absolute Gasteiger partial charge is 0.444 e. The highest BCUT2D eigenvalue weighted by Crippen LogP contribution is 2.40. The summed E-state index contributed by atoms with van der Waals surface area (Å²) in [6.07, 6.45) is -9.92. The lowest BCUT2D eigenvalue weighted by molar-refractivity contribution is -0.143. The number of fused-ring (bicyclic) bond motifs is 1. The van der Waals surface area contributed by atoms with Gasteiger partial charge in [-0.3, -0.25) is 0 Å². The van der Waals surface area contributed by atoms with E-state index in [1.165, 1.54) is 19.1 Å². The Hall–Kier alpha value is -3.68. The Balaban J connectivity index is 1.36. The molecule has 7 nitrogen and oxygen atoms in total. The van der Waals surface area contributed by atoms with Crippen LogP contribution in [0.25, 0.3) is 0 Å². The molecule has 0 saturated carbocycles. The van der Waals surface area contributed by atoms with Crippen LogP contribution in [0.4, 0.5) is 35.5 Å². The molecule has 1 fully saturated rings. The third-order valence-electron chi connectivity index (χ3n) is 8.61. The minimum atomic E-state index is -4.99. The van der Waals surface area contributed by atoms with E-state index in [0.29, 0.717) is 49.6 Å². The molecule has 0 spiro atoms. The predicted octanol–water partition coefficient (Wildman–Crippen LogP) is 8.13. The van der Waals surface area contributed by atoms with Crippen LogP contribution in [0.1, 0.15) is 86.5 Å². The van der Waals surface area contributed by atoms with Crippen LogP contribution in [-0.2, 0) is 41.2 Å². The summed E-state index contributed by atoms with van der Waals surface area (Å²) in [6, 6.07) is 7.19. The monoisotopic (exact) mass is 670 g/mol. The van der Waals surface area contributed by atoms with Crippen molar-refractivity contribution in [1.82, 2.24) is 19.7 Å². The van der Waals surface area contributed by atoms with Gasteiger partial charge >= 0.3 is 18.4 Å². The van der Waals surface area contributed by atoms with E-state index >= 15 is 0 Å². The number of piperidine rings is 1. The number of amides is 1. The van der Waals surface area contributed by atoms with Crippen LogP contribution in [0.3, 0.4) is 0 Å². The molecule has 0 N–H and O–H groups in total. The van der Waals surface area contributed by atoms with Gasteiger partial charge in [-0.15, -0.1) is 10.2 Å². The Morgan fingerprint density at radius 1 is 0.936 bits per heavy atom. The van der Waals surface area contributed by atoms with Gasteiger partial charge < -0.3 is 18.9 Å². The lowest BCUT2D eigenvalue weighted by atomic mass is 9.87. The summed E-state index contributed by atoms with van der Waals surface area (Å²) in [7, 11) is 0. The van der Waals surface area contributed by atoms with Crippen molar-refractivity contribution < 1.29 is 45.0 Å². The van der Waals surface area contributed by atoms with Gasteiger partial charge in [0.1, 0.15) is 23.1 Å². The molecule has 2 aromatic carbocycles. The number of alkyl halides is 6. The third kappa shape index (κ3) is 8.43. The van der Waals surface area contributed by atoms with Crippen molar-refractivity contribution in [3.05, 3.63) is 82.2 Å². The second-order valence-corrected chi connectivity index (χ2v) is 13.3. The van der Waals surface area contributed by atoms with Gasteiger partial charge in [0.05, 0.1) is 23.3 Å². The van der Waals surface area contributed by atoms with E-state index in [1.807, 2.05) is 25.3 Å². The molecule has 256 valence electrons. The first kappa shape index (κ1) is 34.6. The number of carbonyl (C=O) groups is 1. The molecular formula is C33H37F7N4O3. The normalized spacial score (nSPS) is 20.2. The van der Waals surface area contributed by atoms with E-state index in [0.717, 1.165) is 18.7 Å². The molecule has 0 bridgehead atoms. The highest BCUT2D eigenvalue weighted by molar-refractivity contribution is 5.68. The average molecular weight is 671 g/mol. The zero-order chi connectivity index (χ0) is 34.3. The molecule has 0 unspecified atom stereocenters. The summed E-state index contributed by atoms with van der Waals surface area (Å²) in [5.41, 5.74) is -3.00. The van der Waals surface area contributed by atoms with Gasteiger partial charge in [0.25, 0.3) is 0 Å². The summed E-state index contributed by atoms with van der Waals surface area (Å²) in [6.45, 7) is 8.25. The molecule has 1 aromatic heterocycles. The van der Waals surface area contributed by atoms with Gasteiger partial charge in [0.2, 0.25) is 0 Å². The number of rotatable bonds is 6. The number of halogens is 7. The van der Waals surface area contributed by atoms with E-state index in [2.05, 4.69) is 10.2 Å². The summed E-state index contributed by atoms with van der Waals surface area (Å²) in [5.74, 6) is 0.637. The number of carbonyl (C=O) groups excluding carboxylic acids is 1. The Labute approximate surface area is 268 Å². The molecule has 47 heavy (non-hydrogen) atoms. The maximum absolute atomic E-state index is 13.9. The molecule has 0 radical (unpaired) electrons. The Morgan fingerprint density at radius 3 is 2.09 bits per heavy atom. The van der Waals surface area contributed by atoms with Crippen LogP contribution < -0.4 is 0 Å². The van der Waals surface area contributed by atoms with E-state index in [1.54, 1.807) is 17.0 Å². The molecule has 3 aromatic rings. The lowest BCUT2D eigenvalue weighted by Gasteiger charge is -2.36. The van der Waals surface area contributed by atoms with Crippen LogP contribution in [0, 0.1) is 11.7 Å². The molecule has 2 aliphatic rings. The molecule has 3 heterocycles. The minimum Gasteiger partial charge on any atom is -0.444 e. The van der Waals surface area contributed by atoms with Gasteiger partial charge in [-0.2, -0.15) is 26.3 Å². The summed E-state index contributed by atoms with van der Waals surface area (Å²) >= 11 is 0. The molecule has 1 saturated heterocycles. The van der Waals surface area contributed by atoms with Crippen LogP contribution >= 0.6 is 0 Å². The van der Waals surface area contributed by atoms with Crippen molar-refractivity contribution >= 4 is 6.09 Å². The molecule has 0 aliphatic carbocycles. The summed E-state index contributed by atoms with van der Waals surface area (Å²) in [5, 5.41) is 8.79. The number of ether oxygens (including phenoxy) is 2. The fourth-order valence-corrected chi connectivity index (χ4v) is 6.15. The maximum Gasteiger partial charge on any atom is 0.416 e. The van der Waals surface area contributed by atoms with Gasteiger partial charge in [0.15, 0.2) is 0 Å². The van der Waals surface area contributed by atoms with Crippen molar-refractivity contribution in [3.8, 4) is 0 Å². The van der Waals surface area contributed by atoms with Gasteiger partial charge in [0, 0.05) is 38.4 Å². The topological polar surface area (TPSA) is 69.5 Å². The number of hydrogen-bond donors (Lipinski definition) is 0. The second kappa shape index (κ2) is 13.1. The fourth-order valence-electron chi connectivity index (χ4n) is 6.15. The minimum absolute atomic E-state index is 0.0868. The number of aromatic nitrogens is 3. The Bertz CT molecular complexity index is 1520. The third-order valence-corrected chi connectivity index (χ3v) is 8.61. The van der Waals surface area contributed by atoms with Crippen molar-refractivity contribution in [3.63, 3.8) is 0 Å². The van der Waals surface area contributed by atoms with Crippen molar-refractivity contribution in [2.75, 3.05) is 13.1 Å². The zero-order valence-corrected chi connectivity index (χ0v) is 26.5. The maximum atomic E-state index is 13.9. The van der Waals surface area contributed by atoms with Crippen molar-refractivity contribution in [2.45, 2.75) is 96.0 Å². The fraction of sp³-hybridized carbons (Fsp3) is 0.545. The number of likely N-dealkylation sites (tertiary alicyclic amines) is 1. The zero-order valence-electron chi connectivity index (χ0n) is 26.5. The van der Waals surface area contributed by atoms with E-state index in [9.17, 15) is 35.5 Å². The van der Waals surface area contributed by atoms with Crippen LogP contribution in [0.15, 0.2) is 42.5 Å². The van der Waals surface area contributed by atoms with Crippen molar-refractivity contribution in [2.24, 2.45) is 5.92 Å².